The van der Waals surface area contributed by atoms with E-state index in [4.69, 9.17) is 0 Å². The molecular weight excluding hydrogens is 218 g/mol. The van der Waals surface area contributed by atoms with Gasteiger partial charge in [-0.15, -0.1) is 0 Å². The first-order chi connectivity index (χ1) is 7.91. The van der Waals surface area contributed by atoms with Crippen LogP contribution < -0.4 is 4.90 Å². The summed E-state index contributed by atoms with van der Waals surface area (Å²) in [6, 6.07) is 0. The fraction of sp³-hybridized carbons (Fsp3) is 0.417. The van der Waals surface area contributed by atoms with Crippen molar-refractivity contribution in [3.05, 3.63) is 23.5 Å². The van der Waals surface area contributed by atoms with Crippen LogP contribution in [0.15, 0.2) is 17.8 Å². The van der Waals surface area contributed by atoms with Gasteiger partial charge in [0.1, 0.15) is 0 Å². The Labute approximate surface area is 99.7 Å². The lowest BCUT2D eigenvalue weighted by Crippen LogP contribution is -2.31. The summed E-state index contributed by atoms with van der Waals surface area (Å²) < 4.78 is 1.62. The minimum Gasteiger partial charge on any atom is -0.273 e. The molecule has 0 atom stereocenters. The molecule has 0 saturated carbocycles. The van der Waals surface area contributed by atoms with Crippen LogP contribution in [-0.2, 0) is 16.6 Å². The molecule has 1 aliphatic rings. The second-order valence-corrected chi connectivity index (χ2v) is 4.53. The molecule has 0 saturated heterocycles. The Hall–Kier alpha value is -1.91. The third-order valence-electron chi connectivity index (χ3n) is 2.73. The molecule has 0 radical (unpaired) electrons. The predicted octanol–water partition coefficient (Wildman–Crippen LogP) is 1.36. The maximum Gasteiger partial charge on any atom is 0.261 e. The van der Waals surface area contributed by atoms with Gasteiger partial charge in [0, 0.05) is 24.9 Å². The first-order valence-electron chi connectivity index (χ1n) is 5.52. The van der Waals surface area contributed by atoms with Crippen molar-refractivity contribution in [2.24, 2.45) is 7.05 Å². The number of aryl methyl sites for hydroxylation is 1. The van der Waals surface area contributed by atoms with Crippen molar-refractivity contribution in [1.29, 1.82) is 0 Å². The van der Waals surface area contributed by atoms with E-state index in [0.29, 0.717) is 11.3 Å². The van der Waals surface area contributed by atoms with Gasteiger partial charge in [0.15, 0.2) is 0 Å². The highest BCUT2D eigenvalue weighted by molar-refractivity contribution is 6.30. The lowest BCUT2D eigenvalue weighted by atomic mass is 10.1. The van der Waals surface area contributed by atoms with E-state index in [1.165, 1.54) is 11.0 Å². The Morgan fingerprint density at radius 2 is 1.94 bits per heavy atom. The Bertz CT molecular complexity index is 526. The van der Waals surface area contributed by atoms with E-state index in [9.17, 15) is 9.59 Å². The number of amides is 2. The van der Waals surface area contributed by atoms with Crippen molar-refractivity contribution in [1.82, 2.24) is 9.78 Å². The predicted molar refractivity (Wildman–Crippen MR) is 63.5 cm³/mol. The molecule has 5 heteroatoms. The molecule has 0 bridgehead atoms. The van der Waals surface area contributed by atoms with Crippen LogP contribution in [0.25, 0.3) is 0 Å². The van der Waals surface area contributed by atoms with Gasteiger partial charge in [-0.1, -0.05) is 13.8 Å². The zero-order valence-electron chi connectivity index (χ0n) is 10.4. The van der Waals surface area contributed by atoms with Gasteiger partial charge in [0.05, 0.1) is 11.4 Å². The van der Waals surface area contributed by atoms with Crippen LogP contribution in [0.3, 0.4) is 0 Å². The second kappa shape index (κ2) is 3.84. The van der Waals surface area contributed by atoms with Crippen molar-refractivity contribution in [2.45, 2.75) is 26.7 Å². The van der Waals surface area contributed by atoms with Crippen LogP contribution in [0.2, 0.25) is 0 Å². The molecule has 5 nitrogen and oxygen atoms in total. The molecule has 0 fully saturated rings. The van der Waals surface area contributed by atoms with Gasteiger partial charge in [-0.25, -0.2) is 4.90 Å². The molecule has 1 aromatic heterocycles. The van der Waals surface area contributed by atoms with E-state index in [0.717, 1.165) is 5.69 Å². The van der Waals surface area contributed by atoms with Gasteiger partial charge >= 0.3 is 0 Å². The van der Waals surface area contributed by atoms with E-state index in [1.54, 1.807) is 24.9 Å². The number of hydrogen-bond donors (Lipinski definition) is 0. The standard InChI is InChI=1S/C12H15N3O2/c1-7(2)11-9(6-14(4)13-11)15-10(16)5-8(3)12(15)17/h5-7H,1-4H3. The summed E-state index contributed by atoms with van der Waals surface area (Å²) in [5, 5.41) is 4.30. The van der Waals surface area contributed by atoms with Gasteiger partial charge in [0.25, 0.3) is 11.8 Å². The topological polar surface area (TPSA) is 55.2 Å². The van der Waals surface area contributed by atoms with E-state index >= 15 is 0 Å². The molecule has 0 aromatic carbocycles. The molecular formula is C12H15N3O2. The smallest absolute Gasteiger partial charge is 0.261 e. The fourth-order valence-electron chi connectivity index (χ4n) is 1.89. The van der Waals surface area contributed by atoms with Crippen LogP contribution in [-0.4, -0.2) is 21.6 Å². The molecule has 0 spiro atoms. The number of carbonyl (C=O) groups excluding carboxylic acids is 2. The van der Waals surface area contributed by atoms with Crippen molar-refractivity contribution in [3.8, 4) is 0 Å². The van der Waals surface area contributed by atoms with Gasteiger partial charge in [-0.2, -0.15) is 5.10 Å². The molecule has 2 amide bonds. The number of carbonyl (C=O) groups is 2. The summed E-state index contributed by atoms with van der Waals surface area (Å²) in [6.45, 7) is 5.61. The molecule has 2 rings (SSSR count). The summed E-state index contributed by atoms with van der Waals surface area (Å²) in [4.78, 5) is 24.9. The molecule has 90 valence electrons. The van der Waals surface area contributed by atoms with E-state index in [-0.39, 0.29) is 17.7 Å². The lowest BCUT2D eigenvalue weighted by molar-refractivity contribution is -0.120. The first-order valence-corrected chi connectivity index (χ1v) is 5.52. The van der Waals surface area contributed by atoms with Gasteiger partial charge < -0.3 is 0 Å². The van der Waals surface area contributed by atoms with Crippen LogP contribution in [0.4, 0.5) is 5.69 Å². The summed E-state index contributed by atoms with van der Waals surface area (Å²) >= 11 is 0. The minimum atomic E-state index is -0.289. The van der Waals surface area contributed by atoms with Gasteiger partial charge in [0.2, 0.25) is 0 Å². The summed E-state index contributed by atoms with van der Waals surface area (Å²) in [5.41, 5.74) is 1.82. The van der Waals surface area contributed by atoms with E-state index in [2.05, 4.69) is 5.10 Å². The number of aromatic nitrogens is 2. The maximum atomic E-state index is 11.9. The van der Waals surface area contributed by atoms with E-state index < -0.39 is 0 Å². The molecule has 0 unspecified atom stereocenters. The number of nitrogens with zero attached hydrogens (tertiary/aromatic N) is 3. The number of imide groups is 1. The minimum absolute atomic E-state index is 0.160. The summed E-state index contributed by atoms with van der Waals surface area (Å²) in [6.07, 6.45) is 3.07. The van der Waals surface area contributed by atoms with Gasteiger partial charge in [-0.05, 0) is 12.8 Å². The monoisotopic (exact) mass is 233 g/mol. The molecule has 1 aliphatic heterocycles. The Balaban J connectivity index is 2.49. The van der Waals surface area contributed by atoms with E-state index in [1.807, 2.05) is 13.8 Å². The van der Waals surface area contributed by atoms with Crippen molar-refractivity contribution in [2.75, 3.05) is 4.90 Å². The third-order valence-corrected chi connectivity index (χ3v) is 2.73. The summed E-state index contributed by atoms with van der Waals surface area (Å²) in [7, 11) is 1.78. The van der Waals surface area contributed by atoms with Crippen LogP contribution in [0.1, 0.15) is 32.4 Å². The Morgan fingerprint density at radius 3 is 2.41 bits per heavy atom. The number of rotatable bonds is 2. The van der Waals surface area contributed by atoms with Crippen LogP contribution in [0, 0.1) is 0 Å². The van der Waals surface area contributed by atoms with Gasteiger partial charge in [-0.3, -0.25) is 14.3 Å². The quantitative estimate of drug-likeness (QED) is 0.725. The lowest BCUT2D eigenvalue weighted by Gasteiger charge is -2.15. The molecule has 0 aliphatic carbocycles. The third kappa shape index (κ3) is 1.77. The van der Waals surface area contributed by atoms with Crippen molar-refractivity contribution in [3.63, 3.8) is 0 Å². The molecule has 0 N–H and O–H groups in total. The number of anilines is 1. The highest BCUT2D eigenvalue weighted by Gasteiger charge is 2.33. The van der Waals surface area contributed by atoms with Crippen molar-refractivity contribution < 1.29 is 9.59 Å². The first kappa shape index (κ1) is 11.6. The summed E-state index contributed by atoms with van der Waals surface area (Å²) in [5.74, 6) is -0.389. The van der Waals surface area contributed by atoms with Crippen molar-refractivity contribution >= 4 is 17.5 Å². The molecule has 2 heterocycles. The fourth-order valence-corrected chi connectivity index (χ4v) is 1.89. The molecule has 17 heavy (non-hydrogen) atoms. The van der Waals surface area contributed by atoms with Crippen LogP contribution in [0.5, 0.6) is 0 Å². The largest absolute Gasteiger partial charge is 0.273 e. The van der Waals surface area contributed by atoms with Crippen LogP contribution >= 0.6 is 0 Å². The highest BCUT2D eigenvalue weighted by Crippen LogP contribution is 2.29. The normalized spacial score (nSPS) is 16.1. The molecule has 1 aromatic rings. The zero-order valence-corrected chi connectivity index (χ0v) is 10.4. The SMILES string of the molecule is CC1=CC(=O)N(c2cn(C)nc2C(C)C)C1=O. The Kier molecular flexibility index (Phi) is 2.61. The Morgan fingerprint density at radius 1 is 1.29 bits per heavy atom. The number of hydrogen-bond acceptors (Lipinski definition) is 3. The maximum absolute atomic E-state index is 11.9. The second-order valence-electron chi connectivity index (χ2n) is 4.53. The average Bonchev–Trinajstić information content (AvgIpc) is 2.70. The highest BCUT2D eigenvalue weighted by atomic mass is 16.2. The average molecular weight is 233 g/mol. The zero-order chi connectivity index (χ0) is 12.7.